The highest BCUT2D eigenvalue weighted by molar-refractivity contribution is 7.08. The molecule has 1 aromatic heterocycles. The average molecular weight is 293 g/mol. The third-order valence-corrected chi connectivity index (χ3v) is 5.22. The van der Waals surface area contributed by atoms with Crippen LogP contribution in [0.15, 0.2) is 16.8 Å². The van der Waals surface area contributed by atoms with Crippen LogP contribution < -0.4 is 5.32 Å². The number of hydrogen-bond acceptors (Lipinski definition) is 4. The van der Waals surface area contributed by atoms with Crippen LogP contribution in [-0.2, 0) is 4.79 Å². The molecule has 0 unspecified atom stereocenters. The number of carbonyl (C=O) groups excluding carboxylic acids is 2. The summed E-state index contributed by atoms with van der Waals surface area (Å²) >= 11 is 1.53. The number of thiophene rings is 1. The van der Waals surface area contributed by atoms with Gasteiger partial charge in [0.2, 0.25) is 5.91 Å². The fraction of sp³-hybridized carbons (Fsp3) is 0.571. The lowest BCUT2D eigenvalue weighted by Crippen LogP contribution is -2.67. The molecule has 3 heterocycles. The van der Waals surface area contributed by atoms with Gasteiger partial charge in [0, 0.05) is 31.6 Å². The number of likely N-dealkylation sites (N-methyl/N-ethyl adjacent to an activating group) is 1. The summed E-state index contributed by atoms with van der Waals surface area (Å²) in [7, 11) is 2.01. The van der Waals surface area contributed by atoms with Crippen molar-refractivity contribution in [3.05, 3.63) is 22.4 Å². The summed E-state index contributed by atoms with van der Waals surface area (Å²) in [4.78, 5) is 28.6. The van der Waals surface area contributed by atoms with Crippen LogP contribution in [0.5, 0.6) is 0 Å². The van der Waals surface area contributed by atoms with E-state index in [1.54, 1.807) is 0 Å². The van der Waals surface area contributed by atoms with Crippen molar-refractivity contribution in [1.82, 2.24) is 15.1 Å². The molecule has 0 aliphatic carbocycles. The van der Waals surface area contributed by atoms with Gasteiger partial charge in [-0.1, -0.05) is 0 Å². The van der Waals surface area contributed by atoms with Crippen LogP contribution in [0.1, 0.15) is 23.2 Å². The molecule has 2 aliphatic rings. The van der Waals surface area contributed by atoms with E-state index in [1.165, 1.54) is 11.3 Å². The Labute approximate surface area is 122 Å². The molecule has 3 rings (SSSR count). The van der Waals surface area contributed by atoms with Crippen LogP contribution in [0.3, 0.4) is 0 Å². The van der Waals surface area contributed by atoms with Crippen molar-refractivity contribution in [2.75, 3.05) is 33.2 Å². The molecule has 6 heteroatoms. The molecule has 2 amide bonds. The summed E-state index contributed by atoms with van der Waals surface area (Å²) in [6, 6.07) is 1.86. The fourth-order valence-electron chi connectivity index (χ4n) is 3.15. The number of nitrogens with one attached hydrogen (secondary N) is 1. The second kappa shape index (κ2) is 5.18. The van der Waals surface area contributed by atoms with E-state index < -0.39 is 5.54 Å². The molecule has 20 heavy (non-hydrogen) atoms. The van der Waals surface area contributed by atoms with Crippen molar-refractivity contribution >= 4 is 23.2 Å². The average Bonchev–Trinajstić information content (AvgIpc) is 2.99. The van der Waals surface area contributed by atoms with Gasteiger partial charge in [-0.15, -0.1) is 0 Å². The van der Waals surface area contributed by atoms with Crippen molar-refractivity contribution in [2.24, 2.45) is 0 Å². The lowest BCUT2D eigenvalue weighted by atomic mass is 9.83. The van der Waals surface area contributed by atoms with Gasteiger partial charge >= 0.3 is 0 Å². The Balaban J connectivity index is 1.70. The number of piperazine rings is 1. The molecular formula is C14H19N3O2S. The molecule has 1 aromatic rings. The van der Waals surface area contributed by atoms with E-state index in [9.17, 15) is 9.59 Å². The number of rotatable bonds is 1. The number of amides is 2. The normalized spacial score (nSPS) is 22.9. The van der Waals surface area contributed by atoms with Gasteiger partial charge in [0.1, 0.15) is 5.54 Å². The SMILES string of the molecule is CN1CCNC(=O)C12CCN(C(=O)c1ccsc1)CC2. The van der Waals surface area contributed by atoms with E-state index in [4.69, 9.17) is 0 Å². The third-order valence-electron chi connectivity index (χ3n) is 4.53. The largest absolute Gasteiger partial charge is 0.353 e. The number of likely N-dealkylation sites (tertiary alicyclic amines) is 1. The minimum Gasteiger partial charge on any atom is -0.353 e. The van der Waals surface area contributed by atoms with E-state index >= 15 is 0 Å². The second-order valence-electron chi connectivity index (χ2n) is 5.51. The molecule has 0 bridgehead atoms. The summed E-state index contributed by atoms with van der Waals surface area (Å²) in [5, 5.41) is 6.76. The van der Waals surface area contributed by atoms with Crippen LogP contribution in [0.25, 0.3) is 0 Å². The molecule has 2 saturated heterocycles. The first-order valence-electron chi connectivity index (χ1n) is 6.94. The quantitative estimate of drug-likeness (QED) is 0.833. The van der Waals surface area contributed by atoms with Crippen molar-refractivity contribution in [3.63, 3.8) is 0 Å². The summed E-state index contributed by atoms with van der Waals surface area (Å²) in [5.74, 6) is 0.203. The topological polar surface area (TPSA) is 52.7 Å². The van der Waals surface area contributed by atoms with Crippen molar-refractivity contribution in [1.29, 1.82) is 0 Å². The Morgan fingerprint density at radius 1 is 1.35 bits per heavy atom. The lowest BCUT2D eigenvalue weighted by Gasteiger charge is -2.48. The zero-order chi connectivity index (χ0) is 14.2. The minimum atomic E-state index is -0.413. The molecule has 2 aliphatic heterocycles. The maximum atomic E-state index is 12.3. The van der Waals surface area contributed by atoms with Gasteiger partial charge in [-0.05, 0) is 31.3 Å². The summed E-state index contributed by atoms with van der Waals surface area (Å²) in [6.45, 7) is 2.89. The molecular weight excluding hydrogens is 274 g/mol. The van der Waals surface area contributed by atoms with Crippen LogP contribution in [-0.4, -0.2) is 60.4 Å². The van der Waals surface area contributed by atoms with E-state index in [2.05, 4.69) is 10.2 Å². The van der Waals surface area contributed by atoms with E-state index in [0.29, 0.717) is 32.5 Å². The standard InChI is InChI=1S/C14H19N3O2S/c1-16-8-5-15-13(19)14(16)3-6-17(7-4-14)12(18)11-2-9-20-10-11/h2,9-10H,3-8H2,1H3,(H,15,19). The molecule has 0 radical (unpaired) electrons. The van der Waals surface area contributed by atoms with Crippen molar-refractivity contribution in [2.45, 2.75) is 18.4 Å². The van der Waals surface area contributed by atoms with Gasteiger partial charge < -0.3 is 10.2 Å². The molecule has 108 valence electrons. The van der Waals surface area contributed by atoms with Gasteiger partial charge in [-0.2, -0.15) is 11.3 Å². The highest BCUT2D eigenvalue weighted by Gasteiger charge is 2.47. The first-order valence-corrected chi connectivity index (χ1v) is 7.89. The Morgan fingerprint density at radius 3 is 2.70 bits per heavy atom. The number of hydrogen-bond donors (Lipinski definition) is 1. The molecule has 5 nitrogen and oxygen atoms in total. The zero-order valence-electron chi connectivity index (χ0n) is 11.6. The highest BCUT2D eigenvalue weighted by atomic mass is 32.1. The van der Waals surface area contributed by atoms with E-state index in [-0.39, 0.29) is 11.8 Å². The first kappa shape index (κ1) is 13.6. The number of nitrogens with zero attached hydrogens (tertiary/aromatic N) is 2. The zero-order valence-corrected chi connectivity index (χ0v) is 12.4. The first-order chi connectivity index (χ1) is 9.63. The fourth-order valence-corrected chi connectivity index (χ4v) is 3.78. The minimum absolute atomic E-state index is 0.0833. The van der Waals surface area contributed by atoms with Crippen molar-refractivity contribution in [3.8, 4) is 0 Å². The van der Waals surface area contributed by atoms with Gasteiger partial charge in [-0.3, -0.25) is 14.5 Å². The molecule has 0 aromatic carbocycles. The third kappa shape index (κ3) is 2.13. The maximum absolute atomic E-state index is 12.3. The smallest absolute Gasteiger partial charge is 0.254 e. The second-order valence-corrected chi connectivity index (χ2v) is 6.29. The molecule has 1 N–H and O–H groups in total. The monoisotopic (exact) mass is 293 g/mol. The molecule has 0 atom stereocenters. The van der Waals surface area contributed by atoms with Crippen LogP contribution in [0, 0.1) is 0 Å². The van der Waals surface area contributed by atoms with Crippen molar-refractivity contribution < 1.29 is 9.59 Å². The maximum Gasteiger partial charge on any atom is 0.254 e. The number of carbonyl (C=O) groups is 2. The summed E-state index contributed by atoms with van der Waals surface area (Å²) in [5.41, 5.74) is 0.344. The predicted molar refractivity (Wildman–Crippen MR) is 77.8 cm³/mol. The Bertz CT molecular complexity index is 506. The van der Waals surface area contributed by atoms with E-state index in [0.717, 1.165) is 12.1 Å². The number of piperidine rings is 1. The predicted octanol–water partition coefficient (Wildman–Crippen LogP) is 0.785. The van der Waals surface area contributed by atoms with Gasteiger partial charge in [0.15, 0.2) is 0 Å². The highest BCUT2D eigenvalue weighted by Crippen LogP contribution is 2.30. The van der Waals surface area contributed by atoms with Gasteiger partial charge in [0.25, 0.3) is 5.91 Å². The Kier molecular flexibility index (Phi) is 3.52. The van der Waals surface area contributed by atoms with Gasteiger partial charge in [-0.25, -0.2) is 0 Å². The Hall–Kier alpha value is -1.40. The molecule has 2 fully saturated rings. The van der Waals surface area contributed by atoms with E-state index in [1.807, 2.05) is 28.8 Å². The molecule has 0 saturated carbocycles. The van der Waals surface area contributed by atoms with Crippen LogP contribution >= 0.6 is 11.3 Å². The van der Waals surface area contributed by atoms with Crippen LogP contribution in [0.2, 0.25) is 0 Å². The van der Waals surface area contributed by atoms with Gasteiger partial charge in [0.05, 0.1) is 5.56 Å². The molecule has 1 spiro atoms. The summed E-state index contributed by atoms with van der Waals surface area (Å²) in [6.07, 6.45) is 1.43. The van der Waals surface area contributed by atoms with Crippen LogP contribution in [0.4, 0.5) is 0 Å². The lowest BCUT2D eigenvalue weighted by molar-refractivity contribution is -0.139. The summed E-state index contributed by atoms with van der Waals surface area (Å²) < 4.78 is 0. The Morgan fingerprint density at radius 2 is 2.10 bits per heavy atom.